The lowest BCUT2D eigenvalue weighted by Gasteiger charge is -2.31. The van der Waals surface area contributed by atoms with Crippen molar-refractivity contribution in [2.24, 2.45) is 0 Å². The Bertz CT molecular complexity index is 1130. The fourth-order valence-electron chi connectivity index (χ4n) is 4.38. The molecule has 0 aliphatic carbocycles. The van der Waals surface area contributed by atoms with Gasteiger partial charge in [0, 0.05) is 42.2 Å². The van der Waals surface area contributed by atoms with Crippen LogP contribution in [-0.2, 0) is 4.79 Å². The lowest BCUT2D eigenvalue weighted by molar-refractivity contribution is -0.384. The number of rotatable bonds is 7. The Balaban J connectivity index is 1.30. The minimum atomic E-state index is -0.455. The molecule has 0 unspecified atom stereocenters. The topological polar surface area (TPSA) is 100 Å². The number of likely N-dealkylation sites (tertiary alicyclic amines) is 1. The van der Waals surface area contributed by atoms with E-state index in [1.807, 2.05) is 13.0 Å². The van der Waals surface area contributed by atoms with Gasteiger partial charge in [0.1, 0.15) is 5.75 Å². The van der Waals surface area contributed by atoms with Gasteiger partial charge in [-0.2, -0.15) is 0 Å². The number of hydrogen-bond acceptors (Lipinski definition) is 5. The Labute approximate surface area is 186 Å². The van der Waals surface area contributed by atoms with Crippen molar-refractivity contribution in [2.45, 2.75) is 32.1 Å². The summed E-state index contributed by atoms with van der Waals surface area (Å²) in [5.41, 5.74) is 3.73. The smallest absolute Gasteiger partial charge is 0.271 e. The van der Waals surface area contributed by atoms with Crippen LogP contribution in [-0.4, -0.2) is 47.5 Å². The van der Waals surface area contributed by atoms with Gasteiger partial charge in [0.15, 0.2) is 0 Å². The second-order valence-corrected chi connectivity index (χ2v) is 8.33. The lowest BCUT2D eigenvalue weighted by Crippen LogP contribution is -2.35. The molecule has 168 valence electrons. The number of benzene rings is 2. The number of aromatic amines is 1. The Morgan fingerprint density at radius 1 is 1.25 bits per heavy atom. The highest BCUT2D eigenvalue weighted by molar-refractivity contribution is 5.92. The second-order valence-electron chi connectivity index (χ2n) is 8.33. The van der Waals surface area contributed by atoms with E-state index in [4.69, 9.17) is 4.74 Å². The third-order valence-electron chi connectivity index (χ3n) is 6.31. The van der Waals surface area contributed by atoms with Crippen LogP contribution in [0.1, 0.15) is 36.3 Å². The third kappa shape index (κ3) is 4.75. The predicted molar refractivity (Wildman–Crippen MR) is 124 cm³/mol. The van der Waals surface area contributed by atoms with Crippen LogP contribution in [0.5, 0.6) is 5.75 Å². The van der Waals surface area contributed by atoms with Gasteiger partial charge in [-0.3, -0.25) is 14.9 Å². The molecule has 8 nitrogen and oxygen atoms in total. The molecule has 1 aliphatic heterocycles. The molecular weight excluding hydrogens is 408 g/mol. The summed E-state index contributed by atoms with van der Waals surface area (Å²) in [4.78, 5) is 28.6. The van der Waals surface area contributed by atoms with Gasteiger partial charge in [-0.1, -0.05) is 6.07 Å². The molecule has 0 spiro atoms. The number of hydrogen-bond donors (Lipinski definition) is 2. The molecule has 1 aromatic heterocycles. The van der Waals surface area contributed by atoms with Crippen LogP contribution in [0, 0.1) is 17.0 Å². The number of nitrogens with zero attached hydrogens (tertiary/aromatic N) is 2. The molecular formula is C24H28N4O4. The highest BCUT2D eigenvalue weighted by Gasteiger charge is 2.23. The molecule has 2 heterocycles. The monoisotopic (exact) mass is 436 g/mol. The largest absolute Gasteiger partial charge is 0.497 e. The average Bonchev–Trinajstić information content (AvgIpc) is 3.22. The van der Waals surface area contributed by atoms with Crippen molar-refractivity contribution in [3.8, 4) is 5.75 Å². The van der Waals surface area contributed by atoms with Gasteiger partial charge in [0.2, 0.25) is 5.91 Å². The summed E-state index contributed by atoms with van der Waals surface area (Å²) in [5, 5.41) is 15.0. The maximum atomic E-state index is 12.4. The maximum Gasteiger partial charge on any atom is 0.271 e. The number of carbonyl (C=O) groups is 1. The van der Waals surface area contributed by atoms with Gasteiger partial charge in [-0.15, -0.1) is 0 Å². The summed E-state index contributed by atoms with van der Waals surface area (Å²) < 4.78 is 5.38. The molecule has 1 aliphatic rings. The van der Waals surface area contributed by atoms with Crippen LogP contribution in [0.25, 0.3) is 10.9 Å². The number of ether oxygens (including phenoxy) is 1. The molecule has 0 bridgehead atoms. The van der Waals surface area contributed by atoms with Crippen molar-refractivity contribution in [3.05, 3.63) is 63.8 Å². The van der Waals surface area contributed by atoms with E-state index >= 15 is 0 Å². The number of piperidine rings is 1. The first-order valence-corrected chi connectivity index (χ1v) is 10.9. The minimum Gasteiger partial charge on any atom is -0.497 e. The summed E-state index contributed by atoms with van der Waals surface area (Å²) in [6.07, 6.45) is 4.54. The normalized spacial score (nSPS) is 15.1. The molecule has 0 saturated carbocycles. The SMILES string of the molecule is COc1ccc2[nH]cc(C3CCN(CCC(=O)Nc4cc([N+](=O)[O-])ccc4C)CC3)c2c1. The fourth-order valence-corrected chi connectivity index (χ4v) is 4.38. The fraction of sp³-hybridized carbons (Fsp3) is 0.375. The van der Waals surface area contributed by atoms with E-state index in [0.717, 1.165) is 42.8 Å². The van der Waals surface area contributed by atoms with E-state index in [1.54, 1.807) is 13.2 Å². The Morgan fingerprint density at radius 2 is 2.03 bits per heavy atom. The zero-order chi connectivity index (χ0) is 22.7. The molecule has 3 aromatic rings. The molecule has 1 saturated heterocycles. The molecule has 2 aromatic carbocycles. The molecule has 0 radical (unpaired) electrons. The summed E-state index contributed by atoms with van der Waals surface area (Å²) in [5.74, 6) is 1.22. The number of nitro groups is 1. The third-order valence-corrected chi connectivity index (χ3v) is 6.31. The average molecular weight is 437 g/mol. The number of carbonyl (C=O) groups excluding carboxylic acids is 1. The van der Waals surface area contributed by atoms with Gasteiger partial charge in [-0.05, 0) is 68.1 Å². The first-order chi connectivity index (χ1) is 15.4. The highest BCUT2D eigenvalue weighted by Crippen LogP contribution is 2.34. The van der Waals surface area contributed by atoms with Crippen molar-refractivity contribution in [2.75, 3.05) is 32.1 Å². The van der Waals surface area contributed by atoms with Crippen molar-refractivity contribution in [1.82, 2.24) is 9.88 Å². The Morgan fingerprint density at radius 3 is 2.75 bits per heavy atom. The van der Waals surface area contributed by atoms with E-state index in [0.29, 0.717) is 24.6 Å². The van der Waals surface area contributed by atoms with E-state index in [-0.39, 0.29) is 11.6 Å². The van der Waals surface area contributed by atoms with Crippen LogP contribution >= 0.6 is 0 Å². The van der Waals surface area contributed by atoms with Crippen molar-refractivity contribution in [3.63, 3.8) is 0 Å². The van der Waals surface area contributed by atoms with E-state index in [9.17, 15) is 14.9 Å². The van der Waals surface area contributed by atoms with E-state index in [2.05, 4.69) is 33.5 Å². The van der Waals surface area contributed by atoms with Gasteiger partial charge in [0.05, 0.1) is 17.7 Å². The molecule has 32 heavy (non-hydrogen) atoms. The van der Waals surface area contributed by atoms with Crippen LogP contribution in [0.15, 0.2) is 42.6 Å². The number of amides is 1. The van der Waals surface area contributed by atoms with Crippen LogP contribution in [0.4, 0.5) is 11.4 Å². The maximum absolute atomic E-state index is 12.4. The lowest BCUT2D eigenvalue weighted by atomic mass is 9.89. The molecule has 4 rings (SSSR count). The van der Waals surface area contributed by atoms with E-state index in [1.165, 1.54) is 23.1 Å². The predicted octanol–water partition coefficient (Wildman–Crippen LogP) is 4.60. The molecule has 1 fully saturated rings. The molecule has 8 heteroatoms. The quantitative estimate of drug-likeness (QED) is 0.416. The number of H-pyrrole nitrogens is 1. The molecule has 2 N–H and O–H groups in total. The van der Waals surface area contributed by atoms with Gasteiger partial charge in [-0.25, -0.2) is 0 Å². The van der Waals surface area contributed by atoms with E-state index < -0.39 is 4.92 Å². The zero-order valence-electron chi connectivity index (χ0n) is 18.4. The number of nitro benzene ring substituents is 1. The van der Waals surface area contributed by atoms with Crippen LogP contribution in [0.3, 0.4) is 0 Å². The summed E-state index contributed by atoms with van der Waals surface area (Å²) in [7, 11) is 1.68. The van der Waals surface area contributed by atoms with Gasteiger partial charge >= 0.3 is 0 Å². The number of aryl methyl sites for hydroxylation is 1. The van der Waals surface area contributed by atoms with Crippen molar-refractivity contribution in [1.29, 1.82) is 0 Å². The number of non-ortho nitro benzene ring substituents is 1. The van der Waals surface area contributed by atoms with Crippen molar-refractivity contribution >= 4 is 28.2 Å². The first kappa shape index (κ1) is 21.8. The minimum absolute atomic E-state index is 0.0251. The first-order valence-electron chi connectivity index (χ1n) is 10.9. The van der Waals surface area contributed by atoms with Crippen molar-refractivity contribution < 1.29 is 14.5 Å². The number of anilines is 1. The summed E-state index contributed by atoms with van der Waals surface area (Å²) in [6.45, 7) is 4.37. The Kier molecular flexibility index (Phi) is 6.41. The number of fused-ring (bicyclic) bond motifs is 1. The number of nitrogens with one attached hydrogen (secondary N) is 2. The summed E-state index contributed by atoms with van der Waals surface area (Å²) >= 11 is 0. The van der Waals surface area contributed by atoms with Crippen LogP contribution < -0.4 is 10.1 Å². The zero-order valence-corrected chi connectivity index (χ0v) is 18.4. The number of methoxy groups -OCH3 is 1. The molecule has 1 amide bonds. The number of aromatic nitrogens is 1. The van der Waals surface area contributed by atoms with Gasteiger partial charge < -0.3 is 19.9 Å². The Hall–Kier alpha value is -3.39. The second kappa shape index (κ2) is 9.40. The summed E-state index contributed by atoms with van der Waals surface area (Å²) in [6, 6.07) is 10.6. The molecule has 0 atom stereocenters. The standard InChI is InChI=1S/C24H28N4O4/c1-16-3-4-18(28(30)31)13-23(16)26-24(29)9-12-27-10-7-17(8-11-27)21-15-25-22-6-5-19(32-2)14-20(21)22/h3-6,13-15,17,25H,7-12H2,1-2H3,(H,26,29). The highest BCUT2D eigenvalue weighted by atomic mass is 16.6. The van der Waals surface area contributed by atoms with Crippen LogP contribution in [0.2, 0.25) is 0 Å². The van der Waals surface area contributed by atoms with Gasteiger partial charge in [0.25, 0.3) is 5.69 Å².